The zero-order valence-electron chi connectivity index (χ0n) is 15.4. The number of fused-ring (bicyclic) bond motifs is 1. The minimum atomic E-state index is 0.0509. The molecule has 3 heteroatoms. The number of piperidine rings is 1. The summed E-state index contributed by atoms with van der Waals surface area (Å²) in [4.78, 5) is 15.0. The van der Waals surface area contributed by atoms with Gasteiger partial charge in [0.2, 0.25) is 5.91 Å². The number of nitrogens with one attached hydrogen (secondary N) is 1. The molecule has 2 aromatic rings. The molecular weight excluding hydrogens is 320 g/mol. The van der Waals surface area contributed by atoms with Crippen LogP contribution in [0, 0.1) is 0 Å². The Morgan fingerprint density at radius 3 is 2.50 bits per heavy atom. The standard InChI is InChI=1S/C23H28N2O/c26-23(22-11-10-20-8-4-5-9-21(20)22)24-14-17-25-15-12-19(13-16-25)18-6-2-1-3-7-18/h1-9,19,22H,10-17H2,(H,24,26)/t22-/m0/s1. The summed E-state index contributed by atoms with van der Waals surface area (Å²) in [6.07, 6.45) is 4.41. The van der Waals surface area contributed by atoms with Crippen LogP contribution in [0.25, 0.3) is 0 Å². The zero-order chi connectivity index (χ0) is 17.8. The lowest BCUT2D eigenvalue weighted by molar-refractivity contribution is -0.122. The molecule has 1 fully saturated rings. The summed E-state index contributed by atoms with van der Waals surface area (Å²) < 4.78 is 0. The molecule has 3 nitrogen and oxygen atoms in total. The Labute approximate surface area is 156 Å². The fourth-order valence-corrected chi connectivity index (χ4v) is 4.51. The molecule has 136 valence electrons. The predicted octanol–water partition coefficient (Wildman–Crippen LogP) is 3.71. The number of rotatable bonds is 5. The van der Waals surface area contributed by atoms with Gasteiger partial charge in [0, 0.05) is 13.1 Å². The van der Waals surface area contributed by atoms with Gasteiger partial charge in [-0.3, -0.25) is 4.79 Å². The third kappa shape index (κ3) is 3.83. The lowest BCUT2D eigenvalue weighted by Gasteiger charge is -2.32. The SMILES string of the molecule is O=C(NCCN1CCC(c2ccccc2)CC1)[C@H]1CCc2ccccc21. The van der Waals surface area contributed by atoms with Gasteiger partial charge in [0.15, 0.2) is 0 Å². The number of amides is 1. The quantitative estimate of drug-likeness (QED) is 0.893. The van der Waals surface area contributed by atoms with Crippen molar-refractivity contribution in [3.8, 4) is 0 Å². The van der Waals surface area contributed by atoms with Crippen LogP contribution < -0.4 is 5.32 Å². The largest absolute Gasteiger partial charge is 0.354 e. The topological polar surface area (TPSA) is 32.3 Å². The fraction of sp³-hybridized carbons (Fsp3) is 0.435. The van der Waals surface area contributed by atoms with Gasteiger partial charge in [0.25, 0.3) is 0 Å². The van der Waals surface area contributed by atoms with E-state index in [0.717, 1.165) is 39.0 Å². The molecule has 4 rings (SSSR count). The van der Waals surface area contributed by atoms with Crippen molar-refractivity contribution in [3.05, 3.63) is 71.3 Å². The average molecular weight is 348 g/mol. The lowest BCUT2D eigenvalue weighted by atomic mass is 9.89. The van der Waals surface area contributed by atoms with Crippen LogP contribution >= 0.6 is 0 Å². The summed E-state index contributed by atoms with van der Waals surface area (Å²) in [6, 6.07) is 19.2. The van der Waals surface area contributed by atoms with E-state index in [1.54, 1.807) is 0 Å². The highest BCUT2D eigenvalue weighted by atomic mass is 16.1. The maximum Gasteiger partial charge on any atom is 0.227 e. The third-order valence-electron chi connectivity index (χ3n) is 6.04. The van der Waals surface area contributed by atoms with Crippen LogP contribution in [-0.2, 0) is 11.2 Å². The molecule has 0 radical (unpaired) electrons. The van der Waals surface area contributed by atoms with Gasteiger partial charge in [-0.15, -0.1) is 0 Å². The Kier molecular flexibility index (Phi) is 5.35. The number of carbonyl (C=O) groups is 1. The van der Waals surface area contributed by atoms with E-state index in [1.807, 2.05) is 6.07 Å². The molecule has 0 unspecified atom stereocenters. The van der Waals surface area contributed by atoms with Gasteiger partial charge in [0.1, 0.15) is 0 Å². The van der Waals surface area contributed by atoms with Gasteiger partial charge in [-0.05, 0) is 61.4 Å². The molecule has 0 spiro atoms. The molecular formula is C23H28N2O. The van der Waals surface area contributed by atoms with Crippen LogP contribution in [-0.4, -0.2) is 37.0 Å². The Balaban J connectivity index is 1.21. The minimum Gasteiger partial charge on any atom is -0.354 e. The van der Waals surface area contributed by atoms with Crippen molar-refractivity contribution in [2.24, 2.45) is 0 Å². The number of nitrogens with zero attached hydrogens (tertiary/aromatic N) is 1. The number of aryl methyl sites for hydroxylation is 1. The van der Waals surface area contributed by atoms with E-state index in [1.165, 1.54) is 29.5 Å². The maximum atomic E-state index is 12.6. The molecule has 1 amide bonds. The van der Waals surface area contributed by atoms with Crippen LogP contribution in [0.5, 0.6) is 0 Å². The predicted molar refractivity (Wildman–Crippen MR) is 105 cm³/mol. The molecule has 0 aromatic heterocycles. The summed E-state index contributed by atoms with van der Waals surface area (Å²) in [5.74, 6) is 0.946. The maximum absolute atomic E-state index is 12.6. The molecule has 1 atom stereocenters. The van der Waals surface area contributed by atoms with Crippen LogP contribution in [0.4, 0.5) is 0 Å². The normalized spacial score (nSPS) is 20.7. The molecule has 0 bridgehead atoms. The Morgan fingerprint density at radius 2 is 1.69 bits per heavy atom. The molecule has 26 heavy (non-hydrogen) atoms. The first-order chi connectivity index (χ1) is 12.8. The summed E-state index contributed by atoms with van der Waals surface area (Å²) in [6.45, 7) is 3.97. The van der Waals surface area contributed by atoms with Crippen molar-refractivity contribution in [1.82, 2.24) is 10.2 Å². The van der Waals surface area contributed by atoms with Crippen molar-refractivity contribution >= 4 is 5.91 Å². The number of hydrogen-bond donors (Lipinski definition) is 1. The molecule has 1 N–H and O–H groups in total. The number of likely N-dealkylation sites (tertiary alicyclic amines) is 1. The highest BCUT2D eigenvalue weighted by Crippen LogP contribution is 2.32. The molecule has 1 heterocycles. The molecule has 2 aromatic carbocycles. The highest BCUT2D eigenvalue weighted by Gasteiger charge is 2.28. The van der Waals surface area contributed by atoms with Gasteiger partial charge in [-0.25, -0.2) is 0 Å². The van der Waals surface area contributed by atoms with E-state index in [2.05, 4.69) is 58.7 Å². The first kappa shape index (κ1) is 17.3. The van der Waals surface area contributed by atoms with Crippen molar-refractivity contribution in [2.75, 3.05) is 26.2 Å². The Morgan fingerprint density at radius 1 is 0.962 bits per heavy atom. The smallest absolute Gasteiger partial charge is 0.227 e. The first-order valence-electron chi connectivity index (χ1n) is 9.94. The molecule has 2 aliphatic rings. The summed E-state index contributed by atoms with van der Waals surface area (Å²) in [5.41, 5.74) is 4.05. The van der Waals surface area contributed by atoms with Crippen LogP contribution in [0.15, 0.2) is 54.6 Å². The zero-order valence-corrected chi connectivity index (χ0v) is 15.4. The monoisotopic (exact) mass is 348 g/mol. The number of hydrogen-bond acceptors (Lipinski definition) is 2. The highest BCUT2D eigenvalue weighted by molar-refractivity contribution is 5.84. The summed E-state index contributed by atoms with van der Waals surface area (Å²) in [5, 5.41) is 3.18. The number of carbonyl (C=O) groups excluding carboxylic acids is 1. The average Bonchev–Trinajstić information content (AvgIpc) is 3.13. The van der Waals surface area contributed by atoms with E-state index < -0.39 is 0 Å². The van der Waals surface area contributed by atoms with Gasteiger partial charge in [0.05, 0.1) is 5.92 Å². The number of benzene rings is 2. The second kappa shape index (κ2) is 8.05. The van der Waals surface area contributed by atoms with Crippen molar-refractivity contribution < 1.29 is 4.79 Å². The van der Waals surface area contributed by atoms with E-state index in [0.29, 0.717) is 5.92 Å². The lowest BCUT2D eigenvalue weighted by Crippen LogP contribution is -2.40. The Bertz CT molecular complexity index is 735. The minimum absolute atomic E-state index is 0.0509. The van der Waals surface area contributed by atoms with E-state index in [-0.39, 0.29) is 11.8 Å². The molecule has 0 saturated carbocycles. The second-order valence-electron chi connectivity index (χ2n) is 7.61. The van der Waals surface area contributed by atoms with Crippen molar-refractivity contribution in [1.29, 1.82) is 0 Å². The van der Waals surface area contributed by atoms with E-state index in [9.17, 15) is 4.79 Å². The van der Waals surface area contributed by atoms with Gasteiger partial charge in [-0.2, -0.15) is 0 Å². The summed E-state index contributed by atoms with van der Waals surface area (Å²) in [7, 11) is 0. The van der Waals surface area contributed by atoms with Crippen molar-refractivity contribution in [3.63, 3.8) is 0 Å². The van der Waals surface area contributed by atoms with E-state index in [4.69, 9.17) is 0 Å². The van der Waals surface area contributed by atoms with Crippen LogP contribution in [0.3, 0.4) is 0 Å². The van der Waals surface area contributed by atoms with Crippen molar-refractivity contribution in [2.45, 2.75) is 37.5 Å². The van der Waals surface area contributed by atoms with Gasteiger partial charge in [-0.1, -0.05) is 54.6 Å². The molecule has 1 aliphatic heterocycles. The van der Waals surface area contributed by atoms with E-state index >= 15 is 0 Å². The van der Waals surface area contributed by atoms with Gasteiger partial charge >= 0.3 is 0 Å². The summed E-state index contributed by atoms with van der Waals surface area (Å²) >= 11 is 0. The fourth-order valence-electron chi connectivity index (χ4n) is 4.51. The first-order valence-corrected chi connectivity index (χ1v) is 9.94. The second-order valence-corrected chi connectivity index (χ2v) is 7.61. The van der Waals surface area contributed by atoms with Crippen LogP contribution in [0.1, 0.15) is 47.8 Å². The van der Waals surface area contributed by atoms with Crippen LogP contribution in [0.2, 0.25) is 0 Å². The Hall–Kier alpha value is -2.13. The third-order valence-corrected chi connectivity index (χ3v) is 6.04. The molecule has 1 aliphatic carbocycles. The van der Waals surface area contributed by atoms with Gasteiger partial charge < -0.3 is 10.2 Å². The molecule has 1 saturated heterocycles.